The molecule has 1 aromatic heterocycles. The summed E-state index contributed by atoms with van der Waals surface area (Å²) in [7, 11) is 3.15. The minimum atomic E-state index is 0.193. The van der Waals surface area contributed by atoms with Gasteiger partial charge in [0, 0.05) is 19.4 Å². The van der Waals surface area contributed by atoms with Gasteiger partial charge in [0.15, 0.2) is 18.3 Å². The SMILES string of the molecule is COCOc1c(OC)ccnc1I. The molecule has 0 amide bonds. The second-order valence-electron chi connectivity index (χ2n) is 2.18. The van der Waals surface area contributed by atoms with E-state index in [1.165, 1.54) is 0 Å². The predicted molar refractivity (Wildman–Crippen MR) is 56.0 cm³/mol. The van der Waals surface area contributed by atoms with Crippen LogP contribution in [-0.2, 0) is 4.74 Å². The van der Waals surface area contributed by atoms with Crippen LogP contribution in [0.15, 0.2) is 12.3 Å². The summed E-state index contributed by atoms with van der Waals surface area (Å²) >= 11 is 2.08. The molecule has 0 unspecified atom stereocenters. The Hall–Kier alpha value is -0.560. The molecule has 0 spiro atoms. The Morgan fingerprint density at radius 2 is 2.23 bits per heavy atom. The van der Waals surface area contributed by atoms with E-state index in [9.17, 15) is 0 Å². The van der Waals surface area contributed by atoms with Crippen LogP contribution in [0, 0.1) is 3.70 Å². The lowest BCUT2D eigenvalue weighted by molar-refractivity contribution is 0.0481. The van der Waals surface area contributed by atoms with Crippen LogP contribution in [0.2, 0.25) is 0 Å². The average Bonchev–Trinajstić information content (AvgIpc) is 2.15. The van der Waals surface area contributed by atoms with Crippen molar-refractivity contribution in [2.45, 2.75) is 0 Å². The fourth-order valence-electron chi connectivity index (χ4n) is 0.816. The quantitative estimate of drug-likeness (QED) is 0.481. The topological polar surface area (TPSA) is 40.6 Å². The second-order valence-corrected chi connectivity index (χ2v) is 3.21. The van der Waals surface area contributed by atoms with Crippen LogP contribution in [0.25, 0.3) is 0 Å². The molecule has 0 fully saturated rings. The highest BCUT2D eigenvalue weighted by Crippen LogP contribution is 2.30. The van der Waals surface area contributed by atoms with E-state index in [-0.39, 0.29) is 6.79 Å². The maximum Gasteiger partial charge on any atom is 0.196 e. The lowest BCUT2D eigenvalue weighted by Gasteiger charge is -2.10. The van der Waals surface area contributed by atoms with Crippen LogP contribution in [0.4, 0.5) is 0 Å². The van der Waals surface area contributed by atoms with Crippen molar-refractivity contribution in [1.29, 1.82) is 0 Å². The Morgan fingerprint density at radius 1 is 1.46 bits per heavy atom. The number of pyridine rings is 1. The summed E-state index contributed by atoms with van der Waals surface area (Å²) in [5.74, 6) is 1.28. The van der Waals surface area contributed by atoms with E-state index < -0.39 is 0 Å². The van der Waals surface area contributed by atoms with Gasteiger partial charge in [0.2, 0.25) is 0 Å². The molecule has 1 rings (SSSR count). The fourth-order valence-corrected chi connectivity index (χ4v) is 1.40. The molecule has 0 saturated carbocycles. The summed E-state index contributed by atoms with van der Waals surface area (Å²) in [6, 6.07) is 1.74. The molecule has 0 N–H and O–H groups in total. The van der Waals surface area contributed by atoms with E-state index in [2.05, 4.69) is 27.6 Å². The van der Waals surface area contributed by atoms with Gasteiger partial charge in [0.1, 0.15) is 3.70 Å². The Kier molecular flexibility index (Phi) is 4.23. The molecule has 0 aromatic carbocycles. The van der Waals surface area contributed by atoms with Gasteiger partial charge < -0.3 is 14.2 Å². The zero-order chi connectivity index (χ0) is 9.68. The molecule has 0 radical (unpaired) electrons. The molecule has 0 saturated heterocycles. The lowest BCUT2D eigenvalue weighted by Crippen LogP contribution is -2.03. The van der Waals surface area contributed by atoms with E-state index in [1.54, 1.807) is 26.5 Å². The standard InChI is InChI=1S/C8H10INO3/c1-11-5-13-7-6(12-2)3-4-10-8(7)9/h3-4H,5H2,1-2H3. The molecule has 0 bridgehead atoms. The molecule has 0 aliphatic heterocycles. The van der Waals surface area contributed by atoms with E-state index in [0.717, 1.165) is 3.70 Å². The van der Waals surface area contributed by atoms with E-state index >= 15 is 0 Å². The number of ether oxygens (including phenoxy) is 3. The maximum absolute atomic E-state index is 5.29. The van der Waals surface area contributed by atoms with Gasteiger partial charge in [-0.1, -0.05) is 0 Å². The summed E-state index contributed by atoms with van der Waals surface area (Å²) in [5.41, 5.74) is 0. The highest BCUT2D eigenvalue weighted by atomic mass is 127. The third kappa shape index (κ3) is 2.70. The van der Waals surface area contributed by atoms with Gasteiger partial charge in [-0.05, 0) is 22.6 Å². The summed E-state index contributed by atoms with van der Waals surface area (Å²) in [5, 5.41) is 0. The number of hydrogen-bond donors (Lipinski definition) is 0. The van der Waals surface area contributed by atoms with Crippen LogP contribution in [0.1, 0.15) is 0 Å². The van der Waals surface area contributed by atoms with Gasteiger partial charge in [-0.25, -0.2) is 4.98 Å². The van der Waals surface area contributed by atoms with Crippen LogP contribution in [-0.4, -0.2) is 26.0 Å². The van der Waals surface area contributed by atoms with Crippen LogP contribution < -0.4 is 9.47 Å². The normalized spacial score (nSPS) is 9.77. The molecule has 0 atom stereocenters. The smallest absolute Gasteiger partial charge is 0.196 e. The largest absolute Gasteiger partial charge is 0.493 e. The Bertz CT molecular complexity index is 280. The molecule has 13 heavy (non-hydrogen) atoms. The van der Waals surface area contributed by atoms with Gasteiger partial charge in [-0.2, -0.15) is 0 Å². The van der Waals surface area contributed by atoms with Gasteiger partial charge in [0.05, 0.1) is 7.11 Å². The first kappa shape index (κ1) is 10.5. The molecule has 72 valence electrons. The van der Waals surface area contributed by atoms with Gasteiger partial charge in [0.25, 0.3) is 0 Å². The van der Waals surface area contributed by atoms with Crippen molar-refractivity contribution in [3.8, 4) is 11.5 Å². The average molecular weight is 295 g/mol. The first-order valence-corrected chi connectivity index (χ1v) is 4.67. The van der Waals surface area contributed by atoms with Crippen LogP contribution in [0.3, 0.4) is 0 Å². The molecule has 0 aliphatic rings. The third-order valence-electron chi connectivity index (χ3n) is 1.37. The number of halogens is 1. The van der Waals surface area contributed by atoms with Gasteiger partial charge >= 0.3 is 0 Å². The zero-order valence-corrected chi connectivity index (χ0v) is 9.57. The van der Waals surface area contributed by atoms with Crippen molar-refractivity contribution in [2.24, 2.45) is 0 Å². The molecule has 5 heteroatoms. The van der Waals surface area contributed by atoms with E-state index in [1.807, 2.05) is 0 Å². The van der Waals surface area contributed by atoms with E-state index in [0.29, 0.717) is 11.5 Å². The highest BCUT2D eigenvalue weighted by Gasteiger charge is 2.08. The van der Waals surface area contributed by atoms with Crippen molar-refractivity contribution in [1.82, 2.24) is 4.98 Å². The number of hydrogen-bond acceptors (Lipinski definition) is 4. The first-order chi connectivity index (χ1) is 6.29. The molecule has 1 heterocycles. The van der Waals surface area contributed by atoms with Gasteiger partial charge in [-0.15, -0.1) is 0 Å². The first-order valence-electron chi connectivity index (χ1n) is 3.59. The van der Waals surface area contributed by atoms with Crippen molar-refractivity contribution >= 4 is 22.6 Å². The number of methoxy groups -OCH3 is 2. The molecular formula is C8H10INO3. The molecule has 4 nitrogen and oxygen atoms in total. The minimum Gasteiger partial charge on any atom is -0.493 e. The van der Waals surface area contributed by atoms with Crippen LogP contribution in [0.5, 0.6) is 11.5 Å². The Morgan fingerprint density at radius 3 is 2.85 bits per heavy atom. The van der Waals surface area contributed by atoms with Gasteiger partial charge in [-0.3, -0.25) is 0 Å². The number of aromatic nitrogens is 1. The second kappa shape index (κ2) is 5.23. The van der Waals surface area contributed by atoms with Crippen molar-refractivity contribution in [3.05, 3.63) is 16.0 Å². The van der Waals surface area contributed by atoms with Crippen LogP contribution >= 0.6 is 22.6 Å². The van der Waals surface area contributed by atoms with Crippen molar-refractivity contribution in [3.63, 3.8) is 0 Å². The lowest BCUT2D eigenvalue weighted by atomic mass is 10.4. The fraction of sp³-hybridized carbons (Fsp3) is 0.375. The predicted octanol–water partition coefficient (Wildman–Crippen LogP) is 1.68. The molecule has 1 aromatic rings. The summed E-state index contributed by atoms with van der Waals surface area (Å²) < 4.78 is 15.9. The number of nitrogens with zero attached hydrogens (tertiary/aromatic N) is 1. The summed E-state index contributed by atoms with van der Waals surface area (Å²) in [6.07, 6.45) is 1.67. The third-order valence-corrected chi connectivity index (χ3v) is 2.13. The highest BCUT2D eigenvalue weighted by molar-refractivity contribution is 14.1. The summed E-state index contributed by atoms with van der Waals surface area (Å²) in [6.45, 7) is 0.193. The molecule has 0 aliphatic carbocycles. The Balaban J connectivity index is 2.87. The number of rotatable bonds is 4. The maximum atomic E-state index is 5.29. The zero-order valence-electron chi connectivity index (χ0n) is 7.41. The Labute approximate surface area is 90.3 Å². The summed E-state index contributed by atoms with van der Waals surface area (Å²) in [4.78, 5) is 4.07. The van der Waals surface area contributed by atoms with Crippen molar-refractivity contribution in [2.75, 3.05) is 21.0 Å². The minimum absolute atomic E-state index is 0.193. The monoisotopic (exact) mass is 295 g/mol. The molecular weight excluding hydrogens is 285 g/mol. The van der Waals surface area contributed by atoms with E-state index in [4.69, 9.17) is 14.2 Å². The van der Waals surface area contributed by atoms with Crippen molar-refractivity contribution < 1.29 is 14.2 Å².